The molecule has 1 heterocycles. The number of amides is 2. The van der Waals surface area contributed by atoms with E-state index in [2.05, 4.69) is 0 Å². The van der Waals surface area contributed by atoms with Gasteiger partial charge in [-0.25, -0.2) is 5.48 Å². The zero-order valence-corrected chi connectivity index (χ0v) is 9.88. The third-order valence-corrected chi connectivity index (χ3v) is 2.63. The number of hydroxylamine groups is 1. The van der Waals surface area contributed by atoms with Gasteiger partial charge in [-0.15, -0.1) is 0 Å². The Hall–Kier alpha value is -2.54. The van der Waals surface area contributed by atoms with Crippen LogP contribution in [0.3, 0.4) is 0 Å². The number of benzene rings is 1. The maximum atomic E-state index is 11.3. The van der Waals surface area contributed by atoms with E-state index in [4.69, 9.17) is 20.4 Å². The Morgan fingerprint density at radius 1 is 1.42 bits per heavy atom. The van der Waals surface area contributed by atoms with E-state index in [1.54, 1.807) is 0 Å². The average Bonchev–Trinajstić information content (AvgIpc) is 2.90. The lowest BCUT2D eigenvalue weighted by atomic mass is 10.00. The van der Waals surface area contributed by atoms with E-state index in [0.717, 1.165) is 0 Å². The van der Waals surface area contributed by atoms with Crippen LogP contribution in [0.2, 0.25) is 0 Å². The van der Waals surface area contributed by atoms with E-state index < -0.39 is 11.8 Å². The summed E-state index contributed by atoms with van der Waals surface area (Å²) in [5.74, 6) is -0.746. The van der Waals surface area contributed by atoms with Crippen LogP contribution in [0.4, 0.5) is 0 Å². The average molecular weight is 264 g/mol. The molecule has 2 rings (SSSR count). The van der Waals surface area contributed by atoms with Gasteiger partial charge in [0.1, 0.15) is 12.0 Å². The fraction of sp³-hybridized carbons (Fsp3) is 0.167. The zero-order chi connectivity index (χ0) is 13.8. The van der Waals surface area contributed by atoms with Crippen LogP contribution in [-0.4, -0.2) is 23.8 Å². The lowest BCUT2D eigenvalue weighted by Gasteiger charge is -2.09. The molecule has 0 saturated heterocycles. The molecule has 0 aromatic heterocycles. The van der Waals surface area contributed by atoms with Crippen molar-refractivity contribution in [1.29, 1.82) is 0 Å². The van der Waals surface area contributed by atoms with Crippen LogP contribution in [0.1, 0.15) is 26.3 Å². The molecule has 0 spiro atoms. The van der Waals surface area contributed by atoms with Crippen molar-refractivity contribution < 1.29 is 24.3 Å². The topological polar surface area (TPSA) is 111 Å². The molecule has 1 aliphatic rings. The first-order valence-corrected chi connectivity index (χ1v) is 5.42. The first-order chi connectivity index (χ1) is 9.11. The molecule has 1 aromatic rings. The SMILES string of the molecule is NC(=O)c1ccc(C(=O)NO)cc1CC1=COCO1. The Balaban J connectivity index is 2.35. The molecule has 0 aliphatic carbocycles. The number of hydrogen-bond acceptors (Lipinski definition) is 5. The van der Waals surface area contributed by atoms with Gasteiger partial charge in [0.25, 0.3) is 5.91 Å². The van der Waals surface area contributed by atoms with Crippen molar-refractivity contribution in [2.45, 2.75) is 6.42 Å². The van der Waals surface area contributed by atoms with Gasteiger partial charge in [-0.05, 0) is 23.8 Å². The van der Waals surface area contributed by atoms with Crippen LogP contribution in [-0.2, 0) is 15.9 Å². The molecule has 100 valence electrons. The molecular formula is C12H12N2O5. The number of hydrogen-bond donors (Lipinski definition) is 3. The molecule has 1 aromatic carbocycles. The standard InChI is InChI=1S/C12H12N2O5/c13-11(15)10-2-1-7(12(16)14-17)3-8(10)4-9-5-18-6-19-9/h1-3,5,17H,4,6H2,(H2,13,15)(H,14,16). The normalized spacial score (nSPS) is 13.2. The molecule has 0 radical (unpaired) electrons. The van der Waals surface area contributed by atoms with Gasteiger partial charge in [0.2, 0.25) is 12.7 Å². The second kappa shape index (κ2) is 5.40. The second-order valence-electron chi connectivity index (χ2n) is 3.87. The molecule has 0 atom stereocenters. The fourth-order valence-electron chi connectivity index (χ4n) is 1.74. The lowest BCUT2D eigenvalue weighted by Crippen LogP contribution is -2.20. The van der Waals surface area contributed by atoms with Gasteiger partial charge in [-0.1, -0.05) is 0 Å². The Bertz CT molecular complexity index is 553. The van der Waals surface area contributed by atoms with Crippen molar-refractivity contribution in [2.75, 3.05) is 6.79 Å². The third-order valence-electron chi connectivity index (χ3n) is 2.63. The Kier molecular flexibility index (Phi) is 3.67. The van der Waals surface area contributed by atoms with Gasteiger partial charge >= 0.3 is 0 Å². The highest BCUT2D eigenvalue weighted by Gasteiger charge is 2.16. The van der Waals surface area contributed by atoms with Crippen LogP contribution in [0.5, 0.6) is 0 Å². The van der Waals surface area contributed by atoms with Gasteiger partial charge < -0.3 is 15.2 Å². The van der Waals surface area contributed by atoms with Crippen molar-refractivity contribution in [1.82, 2.24) is 5.48 Å². The van der Waals surface area contributed by atoms with Crippen molar-refractivity contribution in [3.63, 3.8) is 0 Å². The van der Waals surface area contributed by atoms with Crippen LogP contribution < -0.4 is 11.2 Å². The maximum Gasteiger partial charge on any atom is 0.274 e. The minimum Gasteiger partial charge on any atom is -0.462 e. The Morgan fingerprint density at radius 3 is 2.79 bits per heavy atom. The van der Waals surface area contributed by atoms with E-state index in [9.17, 15) is 9.59 Å². The van der Waals surface area contributed by atoms with Gasteiger partial charge in [0.05, 0.1) is 0 Å². The van der Waals surface area contributed by atoms with E-state index in [1.807, 2.05) is 0 Å². The van der Waals surface area contributed by atoms with E-state index in [0.29, 0.717) is 11.3 Å². The number of allylic oxidation sites excluding steroid dienone is 1. The molecule has 0 unspecified atom stereocenters. The molecule has 1 aliphatic heterocycles. The summed E-state index contributed by atoms with van der Waals surface area (Å²) in [4.78, 5) is 22.7. The van der Waals surface area contributed by atoms with Crippen molar-refractivity contribution in [3.8, 4) is 0 Å². The molecule has 7 heteroatoms. The number of primary amides is 1. The van der Waals surface area contributed by atoms with E-state index in [-0.39, 0.29) is 24.3 Å². The molecule has 0 bridgehead atoms. The minimum atomic E-state index is -0.671. The summed E-state index contributed by atoms with van der Waals surface area (Å²) in [6.45, 7) is 0.123. The number of ether oxygens (including phenoxy) is 2. The largest absolute Gasteiger partial charge is 0.462 e. The van der Waals surface area contributed by atoms with Gasteiger partial charge in [0.15, 0.2) is 0 Å². The van der Waals surface area contributed by atoms with Gasteiger partial charge in [-0.2, -0.15) is 0 Å². The number of carbonyl (C=O) groups is 2. The van der Waals surface area contributed by atoms with E-state index >= 15 is 0 Å². The van der Waals surface area contributed by atoms with Crippen LogP contribution in [0.15, 0.2) is 30.2 Å². The molecule has 19 heavy (non-hydrogen) atoms. The highest BCUT2D eigenvalue weighted by atomic mass is 16.7. The first-order valence-electron chi connectivity index (χ1n) is 5.42. The Labute approximate surface area is 108 Å². The summed E-state index contributed by atoms with van der Waals surface area (Å²) in [5, 5.41) is 8.59. The molecule has 0 fully saturated rings. The number of rotatable bonds is 4. The molecule has 0 saturated carbocycles. The number of nitrogens with two attached hydrogens (primary N) is 1. The summed E-state index contributed by atoms with van der Waals surface area (Å²) in [6, 6.07) is 4.29. The van der Waals surface area contributed by atoms with Crippen LogP contribution in [0.25, 0.3) is 0 Å². The van der Waals surface area contributed by atoms with Crippen LogP contribution >= 0.6 is 0 Å². The summed E-state index contributed by atoms with van der Waals surface area (Å²) < 4.78 is 10.1. The van der Waals surface area contributed by atoms with Crippen LogP contribution in [0, 0.1) is 0 Å². The number of nitrogens with one attached hydrogen (secondary N) is 1. The zero-order valence-electron chi connectivity index (χ0n) is 9.88. The quantitative estimate of drug-likeness (QED) is 0.534. The second-order valence-corrected chi connectivity index (χ2v) is 3.87. The van der Waals surface area contributed by atoms with Gasteiger partial charge in [-0.3, -0.25) is 14.8 Å². The summed E-state index contributed by atoms with van der Waals surface area (Å²) >= 11 is 0. The van der Waals surface area contributed by atoms with Gasteiger partial charge in [0, 0.05) is 17.5 Å². The summed E-state index contributed by atoms with van der Waals surface area (Å²) in [6.07, 6.45) is 1.70. The predicted octanol–water partition coefficient (Wildman–Crippen LogP) is 0.293. The molecular weight excluding hydrogens is 252 g/mol. The van der Waals surface area contributed by atoms with Crippen molar-refractivity contribution in [2.24, 2.45) is 5.73 Å². The molecule has 2 amide bonds. The van der Waals surface area contributed by atoms with E-state index in [1.165, 1.54) is 29.9 Å². The van der Waals surface area contributed by atoms with Crippen molar-refractivity contribution >= 4 is 11.8 Å². The smallest absolute Gasteiger partial charge is 0.274 e. The molecule has 7 nitrogen and oxygen atoms in total. The predicted molar refractivity (Wildman–Crippen MR) is 63.0 cm³/mol. The first kappa shape index (κ1) is 12.9. The Morgan fingerprint density at radius 2 is 2.21 bits per heavy atom. The highest BCUT2D eigenvalue weighted by Crippen LogP contribution is 2.19. The summed E-state index contributed by atoms with van der Waals surface area (Å²) in [7, 11) is 0. The lowest BCUT2D eigenvalue weighted by molar-refractivity contribution is 0.0705. The molecule has 4 N–H and O–H groups in total. The third kappa shape index (κ3) is 2.83. The fourth-order valence-corrected chi connectivity index (χ4v) is 1.74. The van der Waals surface area contributed by atoms with Crippen molar-refractivity contribution in [3.05, 3.63) is 46.9 Å². The number of carbonyl (C=O) groups excluding carboxylic acids is 2. The monoisotopic (exact) mass is 264 g/mol. The highest BCUT2D eigenvalue weighted by molar-refractivity contribution is 5.98. The maximum absolute atomic E-state index is 11.3. The summed E-state index contributed by atoms with van der Waals surface area (Å²) in [5.41, 5.74) is 7.80. The minimum absolute atomic E-state index is 0.123.